The van der Waals surface area contributed by atoms with E-state index in [-0.39, 0.29) is 11.9 Å². The second-order valence-corrected chi connectivity index (χ2v) is 4.60. The van der Waals surface area contributed by atoms with Gasteiger partial charge in [0.2, 0.25) is 0 Å². The molecule has 0 aliphatic heterocycles. The van der Waals surface area contributed by atoms with Crippen molar-refractivity contribution in [2.75, 3.05) is 19.0 Å². The van der Waals surface area contributed by atoms with Crippen LogP contribution in [-0.2, 0) is 16.0 Å². The Labute approximate surface area is 110 Å². The number of methoxy groups -OCH3 is 1. The molecule has 0 fully saturated rings. The van der Waals surface area contributed by atoms with Crippen molar-refractivity contribution in [2.24, 2.45) is 5.92 Å². The molecule has 0 saturated carbocycles. The second kappa shape index (κ2) is 7.33. The third kappa shape index (κ3) is 4.77. The number of rotatable bonds is 6. The van der Waals surface area contributed by atoms with Crippen LogP contribution in [0.5, 0.6) is 5.75 Å². The van der Waals surface area contributed by atoms with E-state index >= 15 is 0 Å². The van der Waals surface area contributed by atoms with Crippen LogP contribution in [0.25, 0.3) is 0 Å². The number of carbonyl (C=O) groups excluding carboxylic acids is 1. The van der Waals surface area contributed by atoms with Gasteiger partial charge in [0.05, 0.1) is 19.6 Å². The number of alkyl halides is 1. The molecule has 0 spiro atoms. The number of hydrogen-bond donors (Lipinski definition) is 0. The Hall–Kier alpha value is -1.03. The number of halogens is 1. The van der Waals surface area contributed by atoms with E-state index in [4.69, 9.17) is 9.47 Å². The lowest BCUT2D eigenvalue weighted by molar-refractivity contribution is -0.144. The molecule has 1 unspecified atom stereocenters. The van der Waals surface area contributed by atoms with Crippen LogP contribution >= 0.6 is 15.9 Å². The van der Waals surface area contributed by atoms with E-state index in [1.807, 2.05) is 31.2 Å². The van der Waals surface area contributed by atoms with Gasteiger partial charge < -0.3 is 9.47 Å². The molecule has 0 aromatic heterocycles. The van der Waals surface area contributed by atoms with E-state index in [0.717, 1.165) is 16.6 Å². The molecule has 0 saturated heterocycles. The summed E-state index contributed by atoms with van der Waals surface area (Å²) in [6, 6.07) is 7.79. The van der Waals surface area contributed by atoms with Gasteiger partial charge in [-0.3, -0.25) is 4.79 Å². The fraction of sp³-hybridized carbons (Fsp3) is 0.462. The maximum absolute atomic E-state index is 11.3. The predicted octanol–water partition coefficient (Wildman–Crippen LogP) is 2.81. The van der Waals surface area contributed by atoms with E-state index in [2.05, 4.69) is 15.9 Å². The van der Waals surface area contributed by atoms with Gasteiger partial charge in [0.15, 0.2) is 0 Å². The van der Waals surface area contributed by atoms with E-state index < -0.39 is 0 Å². The molecule has 0 bridgehead atoms. The number of hydrogen-bond acceptors (Lipinski definition) is 3. The largest absolute Gasteiger partial charge is 0.493 e. The van der Waals surface area contributed by atoms with Crippen molar-refractivity contribution in [3.8, 4) is 5.75 Å². The zero-order chi connectivity index (χ0) is 12.7. The molecule has 4 heteroatoms. The minimum Gasteiger partial charge on any atom is -0.493 e. The molecule has 1 aromatic rings. The summed E-state index contributed by atoms with van der Waals surface area (Å²) in [6.45, 7) is 2.51. The molecule has 1 rings (SSSR count). The summed E-state index contributed by atoms with van der Waals surface area (Å²) in [7, 11) is 1.41. The van der Waals surface area contributed by atoms with Crippen LogP contribution < -0.4 is 4.74 Å². The lowest BCUT2D eigenvalue weighted by Crippen LogP contribution is -2.15. The number of benzene rings is 1. The van der Waals surface area contributed by atoms with Crippen molar-refractivity contribution in [2.45, 2.75) is 13.3 Å². The van der Waals surface area contributed by atoms with Gasteiger partial charge in [-0.05, 0) is 24.1 Å². The highest BCUT2D eigenvalue weighted by Crippen LogP contribution is 2.15. The van der Waals surface area contributed by atoms with Gasteiger partial charge in [-0.2, -0.15) is 0 Å². The smallest absolute Gasteiger partial charge is 0.308 e. The van der Waals surface area contributed by atoms with E-state index in [9.17, 15) is 4.79 Å². The number of ether oxygens (including phenoxy) is 2. The van der Waals surface area contributed by atoms with Crippen LogP contribution in [-0.4, -0.2) is 25.0 Å². The average Bonchev–Trinajstić information content (AvgIpc) is 2.37. The normalized spacial score (nSPS) is 11.9. The highest BCUT2D eigenvalue weighted by atomic mass is 79.9. The summed E-state index contributed by atoms with van der Waals surface area (Å²) in [5, 5.41) is 0.814. The van der Waals surface area contributed by atoms with E-state index in [1.54, 1.807) is 0 Å². The summed E-state index contributed by atoms with van der Waals surface area (Å²) in [5.41, 5.74) is 1.11. The predicted molar refractivity (Wildman–Crippen MR) is 70.6 cm³/mol. The summed E-state index contributed by atoms with van der Waals surface area (Å²) in [6.07, 6.45) is 0.686. The second-order valence-electron chi connectivity index (χ2n) is 3.81. The average molecular weight is 301 g/mol. The van der Waals surface area contributed by atoms with Crippen LogP contribution in [0.4, 0.5) is 0 Å². The first-order valence-electron chi connectivity index (χ1n) is 5.53. The van der Waals surface area contributed by atoms with Gasteiger partial charge in [0.25, 0.3) is 0 Å². The van der Waals surface area contributed by atoms with Gasteiger partial charge >= 0.3 is 5.97 Å². The first-order valence-corrected chi connectivity index (χ1v) is 6.65. The lowest BCUT2D eigenvalue weighted by atomic mass is 10.0. The van der Waals surface area contributed by atoms with Crippen molar-refractivity contribution in [1.29, 1.82) is 0 Å². The third-order valence-corrected chi connectivity index (χ3v) is 2.74. The summed E-state index contributed by atoms with van der Waals surface area (Å²) < 4.78 is 10.1. The van der Waals surface area contributed by atoms with Gasteiger partial charge in [0, 0.05) is 5.33 Å². The topological polar surface area (TPSA) is 35.5 Å². The highest BCUT2D eigenvalue weighted by Gasteiger charge is 2.13. The molecule has 3 nitrogen and oxygen atoms in total. The van der Waals surface area contributed by atoms with E-state index in [0.29, 0.717) is 13.0 Å². The maximum atomic E-state index is 11.3. The van der Waals surface area contributed by atoms with Gasteiger partial charge in [0.1, 0.15) is 5.75 Å². The number of carbonyl (C=O) groups is 1. The monoisotopic (exact) mass is 300 g/mol. The van der Waals surface area contributed by atoms with Crippen molar-refractivity contribution in [3.63, 3.8) is 0 Å². The van der Waals surface area contributed by atoms with Crippen molar-refractivity contribution < 1.29 is 14.3 Å². The van der Waals surface area contributed by atoms with Gasteiger partial charge in [-0.25, -0.2) is 0 Å². The molecule has 1 atom stereocenters. The van der Waals surface area contributed by atoms with Gasteiger partial charge in [-0.1, -0.05) is 35.0 Å². The Morgan fingerprint density at radius 1 is 1.35 bits per heavy atom. The summed E-state index contributed by atoms with van der Waals surface area (Å²) in [4.78, 5) is 11.3. The Bertz CT molecular complexity index is 348. The van der Waals surface area contributed by atoms with Crippen LogP contribution in [0.2, 0.25) is 0 Å². The van der Waals surface area contributed by atoms with Crippen LogP contribution in [0.1, 0.15) is 12.5 Å². The molecule has 0 N–H and O–H groups in total. The SMILES string of the molecule is COC(=O)C(C)Cc1ccc(OCCBr)cc1. The van der Waals surface area contributed by atoms with Crippen LogP contribution in [0.15, 0.2) is 24.3 Å². The summed E-state index contributed by atoms with van der Waals surface area (Å²) >= 11 is 3.30. The molecule has 17 heavy (non-hydrogen) atoms. The molecule has 0 amide bonds. The lowest BCUT2D eigenvalue weighted by Gasteiger charge is -2.10. The number of esters is 1. The van der Waals surface area contributed by atoms with Crippen molar-refractivity contribution in [3.05, 3.63) is 29.8 Å². The molecular weight excluding hydrogens is 284 g/mol. The zero-order valence-electron chi connectivity index (χ0n) is 10.1. The summed E-state index contributed by atoms with van der Waals surface area (Å²) in [5.74, 6) is 0.554. The Balaban J connectivity index is 2.53. The fourth-order valence-corrected chi connectivity index (χ4v) is 1.68. The third-order valence-electron chi connectivity index (χ3n) is 2.41. The quantitative estimate of drug-likeness (QED) is 0.599. The minimum absolute atomic E-state index is 0.116. The molecule has 0 aliphatic carbocycles. The minimum atomic E-state index is -0.176. The molecule has 94 valence electrons. The first kappa shape index (κ1) is 14.0. The molecule has 0 heterocycles. The van der Waals surface area contributed by atoms with Crippen LogP contribution in [0.3, 0.4) is 0 Å². The molecular formula is C13H17BrO3. The zero-order valence-corrected chi connectivity index (χ0v) is 11.7. The van der Waals surface area contributed by atoms with Crippen molar-refractivity contribution in [1.82, 2.24) is 0 Å². The molecule has 1 aromatic carbocycles. The Morgan fingerprint density at radius 2 is 2.00 bits per heavy atom. The standard InChI is InChI=1S/C13H17BrO3/c1-10(13(15)16-2)9-11-3-5-12(6-4-11)17-8-7-14/h3-6,10H,7-9H2,1-2H3. The molecule has 0 radical (unpaired) electrons. The van der Waals surface area contributed by atoms with E-state index in [1.165, 1.54) is 7.11 Å². The maximum Gasteiger partial charge on any atom is 0.308 e. The van der Waals surface area contributed by atoms with Crippen LogP contribution in [0, 0.1) is 5.92 Å². The first-order chi connectivity index (χ1) is 8.17. The highest BCUT2D eigenvalue weighted by molar-refractivity contribution is 9.09. The van der Waals surface area contributed by atoms with Crippen molar-refractivity contribution >= 4 is 21.9 Å². The molecule has 0 aliphatic rings. The van der Waals surface area contributed by atoms with Gasteiger partial charge in [-0.15, -0.1) is 0 Å². The fourth-order valence-electron chi connectivity index (χ4n) is 1.52. The Morgan fingerprint density at radius 3 is 2.53 bits per heavy atom. The Kier molecular flexibility index (Phi) is 6.05.